The molecular formula is C15H24FN3O. The number of hydrogen-bond acceptors (Lipinski definition) is 3. The highest BCUT2D eigenvalue weighted by Gasteiger charge is 2.17. The van der Waals surface area contributed by atoms with E-state index < -0.39 is 5.91 Å². The van der Waals surface area contributed by atoms with E-state index in [0.717, 1.165) is 12.2 Å². The van der Waals surface area contributed by atoms with Crippen molar-refractivity contribution in [2.24, 2.45) is 11.7 Å². The Hall–Kier alpha value is -1.62. The minimum absolute atomic E-state index is 0.0980. The number of carbonyl (C=O) groups excluding carboxylic acids is 1. The molecule has 0 heterocycles. The van der Waals surface area contributed by atoms with Crippen LogP contribution in [-0.2, 0) is 11.3 Å². The van der Waals surface area contributed by atoms with Gasteiger partial charge in [0, 0.05) is 24.3 Å². The Balaban J connectivity index is 3.10. The third-order valence-corrected chi connectivity index (χ3v) is 2.92. The van der Waals surface area contributed by atoms with Gasteiger partial charge in [-0.15, -0.1) is 0 Å². The number of primary amides is 1. The minimum Gasteiger partial charge on any atom is -0.368 e. The average molecular weight is 281 g/mol. The van der Waals surface area contributed by atoms with Gasteiger partial charge in [0.1, 0.15) is 5.82 Å². The number of anilines is 1. The van der Waals surface area contributed by atoms with Crippen molar-refractivity contribution in [3.63, 3.8) is 0 Å². The Bertz CT molecular complexity index is 449. The summed E-state index contributed by atoms with van der Waals surface area (Å²) < 4.78 is 14.0. The molecule has 3 N–H and O–H groups in total. The standard InChI is InChI=1S/C15H24FN3O/c1-4-18-8-12-13(16)6-5-7-14(12)19(9-11(2)3)10-15(17)20/h5-7,11,18H,4,8-10H2,1-3H3,(H2,17,20). The number of hydrogen-bond donors (Lipinski definition) is 2. The zero-order chi connectivity index (χ0) is 15.1. The van der Waals surface area contributed by atoms with Crippen LogP contribution in [-0.4, -0.2) is 25.5 Å². The number of nitrogens with one attached hydrogen (secondary N) is 1. The lowest BCUT2D eigenvalue weighted by Gasteiger charge is -2.28. The molecule has 0 saturated heterocycles. The van der Waals surface area contributed by atoms with Crippen molar-refractivity contribution >= 4 is 11.6 Å². The summed E-state index contributed by atoms with van der Waals surface area (Å²) in [6.07, 6.45) is 0. The van der Waals surface area contributed by atoms with Crippen LogP contribution in [0.3, 0.4) is 0 Å². The molecule has 0 atom stereocenters. The zero-order valence-corrected chi connectivity index (χ0v) is 12.4. The highest BCUT2D eigenvalue weighted by Crippen LogP contribution is 2.24. The summed E-state index contributed by atoms with van der Waals surface area (Å²) in [4.78, 5) is 13.1. The van der Waals surface area contributed by atoms with Crippen molar-refractivity contribution in [3.05, 3.63) is 29.6 Å². The first-order chi connectivity index (χ1) is 9.45. The molecule has 1 aromatic carbocycles. The third kappa shape index (κ3) is 4.81. The molecule has 1 aromatic rings. The van der Waals surface area contributed by atoms with Crippen LogP contribution >= 0.6 is 0 Å². The molecule has 1 amide bonds. The summed E-state index contributed by atoms with van der Waals surface area (Å²) in [5.74, 6) is -0.324. The van der Waals surface area contributed by atoms with Crippen LogP contribution in [0.2, 0.25) is 0 Å². The zero-order valence-electron chi connectivity index (χ0n) is 12.4. The van der Waals surface area contributed by atoms with Gasteiger partial charge in [-0.05, 0) is 24.6 Å². The van der Waals surface area contributed by atoms with Crippen LogP contribution in [0.25, 0.3) is 0 Å². The van der Waals surface area contributed by atoms with Crippen LogP contribution in [0.1, 0.15) is 26.3 Å². The van der Waals surface area contributed by atoms with Crippen LogP contribution in [0, 0.1) is 11.7 Å². The van der Waals surface area contributed by atoms with Crippen molar-refractivity contribution in [2.45, 2.75) is 27.3 Å². The summed E-state index contributed by atoms with van der Waals surface area (Å²) in [5, 5.41) is 3.12. The summed E-state index contributed by atoms with van der Waals surface area (Å²) in [6.45, 7) is 8.02. The minimum atomic E-state index is -0.413. The second-order valence-electron chi connectivity index (χ2n) is 5.26. The molecule has 1 rings (SSSR count). The van der Waals surface area contributed by atoms with Crippen molar-refractivity contribution in [3.8, 4) is 0 Å². The number of rotatable bonds is 8. The fraction of sp³-hybridized carbons (Fsp3) is 0.533. The molecule has 0 saturated carbocycles. The number of nitrogens with zero attached hydrogens (tertiary/aromatic N) is 1. The van der Waals surface area contributed by atoms with Crippen molar-refractivity contribution in [1.29, 1.82) is 0 Å². The molecule has 0 aliphatic rings. The van der Waals surface area contributed by atoms with Crippen LogP contribution in [0.5, 0.6) is 0 Å². The van der Waals surface area contributed by atoms with E-state index in [1.165, 1.54) is 6.07 Å². The molecule has 0 unspecified atom stereocenters. The Morgan fingerprint density at radius 3 is 2.70 bits per heavy atom. The van der Waals surface area contributed by atoms with E-state index in [0.29, 0.717) is 24.6 Å². The number of amides is 1. The first kappa shape index (κ1) is 16.4. The van der Waals surface area contributed by atoms with Gasteiger partial charge in [-0.2, -0.15) is 0 Å². The Morgan fingerprint density at radius 1 is 1.45 bits per heavy atom. The van der Waals surface area contributed by atoms with Crippen LogP contribution < -0.4 is 16.0 Å². The summed E-state index contributed by atoms with van der Waals surface area (Å²) >= 11 is 0. The molecule has 20 heavy (non-hydrogen) atoms. The smallest absolute Gasteiger partial charge is 0.236 e. The summed E-state index contributed by atoms with van der Waals surface area (Å²) in [6, 6.07) is 4.93. The van der Waals surface area contributed by atoms with Gasteiger partial charge in [0.15, 0.2) is 0 Å². The van der Waals surface area contributed by atoms with Gasteiger partial charge in [0.2, 0.25) is 5.91 Å². The van der Waals surface area contributed by atoms with E-state index in [1.807, 2.05) is 17.9 Å². The summed E-state index contributed by atoms with van der Waals surface area (Å²) in [7, 11) is 0. The first-order valence-corrected chi connectivity index (χ1v) is 6.97. The van der Waals surface area contributed by atoms with Gasteiger partial charge in [0.25, 0.3) is 0 Å². The highest BCUT2D eigenvalue weighted by atomic mass is 19.1. The fourth-order valence-electron chi connectivity index (χ4n) is 2.15. The van der Waals surface area contributed by atoms with Gasteiger partial charge in [-0.1, -0.05) is 26.8 Å². The van der Waals surface area contributed by atoms with E-state index in [9.17, 15) is 9.18 Å². The van der Waals surface area contributed by atoms with E-state index in [4.69, 9.17) is 5.73 Å². The predicted octanol–water partition coefficient (Wildman–Crippen LogP) is 1.88. The van der Waals surface area contributed by atoms with Gasteiger partial charge < -0.3 is 16.0 Å². The molecule has 0 aliphatic heterocycles. The average Bonchev–Trinajstić information content (AvgIpc) is 2.35. The third-order valence-electron chi connectivity index (χ3n) is 2.92. The normalized spacial score (nSPS) is 10.8. The maximum atomic E-state index is 14.0. The summed E-state index contributed by atoms with van der Waals surface area (Å²) in [5.41, 5.74) is 6.62. The molecule has 0 radical (unpaired) electrons. The van der Waals surface area contributed by atoms with E-state index >= 15 is 0 Å². The number of halogens is 1. The first-order valence-electron chi connectivity index (χ1n) is 6.97. The topological polar surface area (TPSA) is 58.4 Å². The van der Waals surface area contributed by atoms with E-state index in [-0.39, 0.29) is 12.4 Å². The van der Waals surface area contributed by atoms with Crippen molar-refractivity contribution in [2.75, 3.05) is 24.5 Å². The Morgan fingerprint density at radius 2 is 2.15 bits per heavy atom. The lowest BCUT2D eigenvalue weighted by molar-refractivity contribution is -0.116. The fourth-order valence-corrected chi connectivity index (χ4v) is 2.15. The quantitative estimate of drug-likeness (QED) is 0.765. The molecular weight excluding hydrogens is 257 g/mol. The van der Waals surface area contributed by atoms with E-state index in [2.05, 4.69) is 19.2 Å². The van der Waals surface area contributed by atoms with Gasteiger partial charge in [-0.3, -0.25) is 4.79 Å². The molecule has 0 bridgehead atoms. The monoisotopic (exact) mass is 281 g/mol. The largest absolute Gasteiger partial charge is 0.368 e. The maximum Gasteiger partial charge on any atom is 0.236 e. The lowest BCUT2D eigenvalue weighted by atomic mass is 10.1. The van der Waals surface area contributed by atoms with Crippen LogP contribution in [0.15, 0.2) is 18.2 Å². The molecule has 5 heteroatoms. The van der Waals surface area contributed by atoms with Gasteiger partial charge >= 0.3 is 0 Å². The van der Waals surface area contributed by atoms with Crippen molar-refractivity contribution in [1.82, 2.24) is 5.32 Å². The van der Waals surface area contributed by atoms with Gasteiger partial charge in [0.05, 0.1) is 6.54 Å². The van der Waals surface area contributed by atoms with Crippen molar-refractivity contribution < 1.29 is 9.18 Å². The predicted molar refractivity (Wildman–Crippen MR) is 80.0 cm³/mol. The highest BCUT2D eigenvalue weighted by molar-refractivity contribution is 5.80. The Kier molecular flexibility index (Phi) is 6.45. The number of nitrogens with two attached hydrogens (primary N) is 1. The van der Waals surface area contributed by atoms with E-state index in [1.54, 1.807) is 6.07 Å². The molecule has 0 aromatic heterocycles. The SMILES string of the molecule is CCNCc1c(F)cccc1N(CC(N)=O)CC(C)C. The second kappa shape index (κ2) is 7.85. The number of carbonyl (C=O) groups is 1. The molecule has 112 valence electrons. The molecule has 0 fully saturated rings. The molecule has 0 aliphatic carbocycles. The maximum absolute atomic E-state index is 14.0. The molecule has 4 nitrogen and oxygen atoms in total. The lowest BCUT2D eigenvalue weighted by Crippen LogP contribution is -2.37. The number of benzene rings is 1. The molecule has 0 spiro atoms. The Labute approximate surface area is 120 Å². The second-order valence-corrected chi connectivity index (χ2v) is 5.26. The van der Waals surface area contributed by atoms with Crippen LogP contribution in [0.4, 0.5) is 10.1 Å². The van der Waals surface area contributed by atoms with Gasteiger partial charge in [-0.25, -0.2) is 4.39 Å².